The van der Waals surface area contributed by atoms with Gasteiger partial charge in [-0.15, -0.1) is 0 Å². The van der Waals surface area contributed by atoms with Crippen LogP contribution < -0.4 is 5.32 Å². The Bertz CT molecular complexity index is 762. The predicted molar refractivity (Wildman–Crippen MR) is 103 cm³/mol. The first-order valence-electron chi connectivity index (χ1n) is 9.41. The van der Waals surface area contributed by atoms with Crippen LogP contribution in [0.2, 0.25) is 0 Å². The molecule has 2 aromatic rings. The van der Waals surface area contributed by atoms with Gasteiger partial charge in [0, 0.05) is 49.3 Å². The highest BCUT2D eigenvalue weighted by Gasteiger charge is 2.23. The molecule has 1 fully saturated rings. The second-order valence-corrected chi connectivity index (χ2v) is 7.07. The minimum Gasteiger partial charge on any atom is -0.361 e. The Morgan fingerprint density at radius 3 is 2.65 bits per heavy atom. The fraction of sp³-hybridized carbons (Fsp3) is 0.500. The van der Waals surface area contributed by atoms with E-state index in [1.165, 1.54) is 0 Å². The third-order valence-electron chi connectivity index (χ3n) is 5.13. The Morgan fingerprint density at radius 2 is 1.92 bits per heavy atom. The molecule has 1 aliphatic heterocycles. The number of H-pyrrole nitrogens is 1. The first-order valence-corrected chi connectivity index (χ1v) is 9.41. The monoisotopic (exact) mass is 356 g/mol. The molecule has 0 saturated carbocycles. The summed E-state index contributed by atoms with van der Waals surface area (Å²) in [6.07, 6.45) is 3.28. The van der Waals surface area contributed by atoms with Gasteiger partial charge in [0.15, 0.2) is 0 Å². The number of amides is 2. The zero-order valence-electron chi connectivity index (χ0n) is 15.6. The number of rotatable bonds is 6. The van der Waals surface area contributed by atoms with Crippen LogP contribution in [0.5, 0.6) is 0 Å². The van der Waals surface area contributed by atoms with E-state index >= 15 is 0 Å². The van der Waals surface area contributed by atoms with Crippen LogP contribution >= 0.6 is 0 Å². The van der Waals surface area contributed by atoms with E-state index in [2.05, 4.69) is 22.1 Å². The molecule has 0 spiro atoms. The lowest BCUT2D eigenvalue weighted by Gasteiger charge is -2.34. The average molecular weight is 356 g/mol. The van der Waals surface area contributed by atoms with E-state index in [4.69, 9.17) is 0 Å². The van der Waals surface area contributed by atoms with Gasteiger partial charge in [-0.3, -0.25) is 14.5 Å². The van der Waals surface area contributed by atoms with Crippen molar-refractivity contribution in [3.05, 3.63) is 36.0 Å². The number of piperazine rings is 1. The number of fused-ring (bicyclic) bond motifs is 1. The summed E-state index contributed by atoms with van der Waals surface area (Å²) in [5.41, 5.74) is 2.10. The number of nitrogens with one attached hydrogen (secondary N) is 2. The number of carbonyl (C=O) groups excluding carboxylic acids is 2. The Kier molecular flexibility index (Phi) is 5.93. The van der Waals surface area contributed by atoms with Gasteiger partial charge in [0.25, 0.3) is 0 Å². The minimum atomic E-state index is 0.0675. The number of para-hydroxylation sites is 1. The SMILES string of the molecule is CCC(C)NC(=O)CN1CCN(C(=O)Cc2c[nH]c3ccccc23)CC1. The number of benzene rings is 1. The quantitative estimate of drug-likeness (QED) is 0.829. The van der Waals surface area contributed by atoms with Crippen molar-refractivity contribution < 1.29 is 9.59 Å². The van der Waals surface area contributed by atoms with Crippen molar-refractivity contribution in [1.82, 2.24) is 20.1 Å². The summed E-state index contributed by atoms with van der Waals surface area (Å²) >= 11 is 0. The molecule has 2 amide bonds. The van der Waals surface area contributed by atoms with Gasteiger partial charge in [0.05, 0.1) is 13.0 Å². The normalized spacial score (nSPS) is 16.6. The van der Waals surface area contributed by atoms with Gasteiger partial charge >= 0.3 is 0 Å². The fourth-order valence-electron chi connectivity index (χ4n) is 3.33. The molecule has 140 valence electrons. The fourth-order valence-corrected chi connectivity index (χ4v) is 3.33. The van der Waals surface area contributed by atoms with Crippen molar-refractivity contribution >= 4 is 22.7 Å². The van der Waals surface area contributed by atoms with Crippen molar-refractivity contribution in [2.45, 2.75) is 32.7 Å². The van der Waals surface area contributed by atoms with Crippen LogP contribution in [-0.2, 0) is 16.0 Å². The summed E-state index contributed by atoms with van der Waals surface area (Å²) in [7, 11) is 0. The van der Waals surface area contributed by atoms with E-state index in [0.717, 1.165) is 36.0 Å². The van der Waals surface area contributed by atoms with Crippen LogP contribution in [0, 0.1) is 0 Å². The summed E-state index contributed by atoms with van der Waals surface area (Å²) in [5.74, 6) is 0.219. The van der Waals surface area contributed by atoms with Crippen molar-refractivity contribution in [2.24, 2.45) is 0 Å². The van der Waals surface area contributed by atoms with Gasteiger partial charge in [-0.1, -0.05) is 25.1 Å². The Morgan fingerprint density at radius 1 is 1.19 bits per heavy atom. The molecule has 1 aromatic heterocycles. The third-order valence-corrected chi connectivity index (χ3v) is 5.13. The number of aromatic nitrogens is 1. The maximum absolute atomic E-state index is 12.6. The van der Waals surface area contributed by atoms with Crippen molar-refractivity contribution in [1.29, 1.82) is 0 Å². The van der Waals surface area contributed by atoms with Gasteiger partial charge in [-0.25, -0.2) is 0 Å². The van der Waals surface area contributed by atoms with Crippen LogP contribution in [0.25, 0.3) is 10.9 Å². The molecule has 2 heterocycles. The maximum Gasteiger partial charge on any atom is 0.234 e. The standard InChI is InChI=1S/C20H28N4O2/c1-3-15(2)22-19(25)14-23-8-10-24(11-9-23)20(26)12-16-13-21-18-7-5-4-6-17(16)18/h4-7,13,15,21H,3,8-12,14H2,1-2H3,(H,22,25). The Hall–Kier alpha value is -2.34. The van der Waals surface area contributed by atoms with Crippen LogP contribution in [0.4, 0.5) is 0 Å². The molecule has 0 radical (unpaired) electrons. The van der Waals surface area contributed by atoms with E-state index in [1.54, 1.807) is 0 Å². The first-order chi connectivity index (χ1) is 12.6. The second kappa shape index (κ2) is 8.36. The topological polar surface area (TPSA) is 68.4 Å². The number of nitrogens with zero attached hydrogens (tertiary/aromatic N) is 2. The predicted octanol–water partition coefficient (Wildman–Crippen LogP) is 1.77. The highest BCUT2D eigenvalue weighted by Crippen LogP contribution is 2.19. The molecule has 1 saturated heterocycles. The number of carbonyl (C=O) groups is 2. The highest BCUT2D eigenvalue weighted by molar-refractivity contribution is 5.89. The van der Waals surface area contributed by atoms with Crippen LogP contribution in [0.3, 0.4) is 0 Å². The van der Waals surface area contributed by atoms with E-state index in [1.807, 2.05) is 42.3 Å². The van der Waals surface area contributed by atoms with Gasteiger partial charge in [0.1, 0.15) is 0 Å². The maximum atomic E-state index is 12.6. The molecule has 0 aliphatic carbocycles. The molecule has 1 atom stereocenters. The zero-order valence-corrected chi connectivity index (χ0v) is 15.6. The summed E-state index contributed by atoms with van der Waals surface area (Å²) in [6, 6.07) is 8.25. The molecule has 2 N–H and O–H groups in total. The zero-order chi connectivity index (χ0) is 18.5. The molecule has 1 aliphatic rings. The molecule has 6 heteroatoms. The molecule has 3 rings (SSSR count). The lowest BCUT2D eigenvalue weighted by molar-refractivity contribution is -0.132. The minimum absolute atomic E-state index is 0.0675. The van der Waals surface area contributed by atoms with E-state index < -0.39 is 0 Å². The van der Waals surface area contributed by atoms with E-state index in [9.17, 15) is 9.59 Å². The highest BCUT2D eigenvalue weighted by atomic mass is 16.2. The van der Waals surface area contributed by atoms with Crippen molar-refractivity contribution in [2.75, 3.05) is 32.7 Å². The molecule has 0 bridgehead atoms. The van der Waals surface area contributed by atoms with E-state index in [-0.39, 0.29) is 17.9 Å². The van der Waals surface area contributed by atoms with E-state index in [0.29, 0.717) is 26.1 Å². The molecule has 1 aromatic carbocycles. The van der Waals surface area contributed by atoms with Gasteiger partial charge in [-0.05, 0) is 25.0 Å². The summed E-state index contributed by atoms with van der Waals surface area (Å²) in [6.45, 7) is 7.33. The second-order valence-electron chi connectivity index (χ2n) is 7.07. The van der Waals surface area contributed by atoms with Gasteiger partial charge < -0.3 is 15.2 Å². The van der Waals surface area contributed by atoms with Crippen LogP contribution in [-0.4, -0.2) is 65.4 Å². The molecule has 1 unspecified atom stereocenters. The largest absolute Gasteiger partial charge is 0.361 e. The Labute approximate surface area is 154 Å². The Balaban J connectivity index is 1.48. The molecule has 26 heavy (non-hydrogen) atoms. The lowest BCUT2D eigenvalue weighted by atomic mass is 10.1. The summed E-state index contributed by atoms with van der Waals surface area (Å²) in [5, 5.41) is 4.11. The van der Waals surface area contributed by atoms with Crippen LogP contribution in [0.1, 0.15) is 25.8 Å². The smallest absolute Gasteiger partial charge is 0.234 e. The molecular weight excluding hydrogens is 328 g/mol. The molecule has 6 nitrogen and oxygen atoms in total. The molecular formula is C20H28N4O2. The van der Waals surface area contributed by atoms with Gasteiger partial charge in [0.2, 0.25) is 11.8 Å². The van der Waals surface area contributed by atoms with Crippen molar-refractivity contribution in [3.8, 4) is 0 Å². The third kappa shape index (κ3) is 4.43. The summed E-state index contributed by atoms with van der Waals surface area (Å²) in [4.78, 5) is 31.9. The first kappa shape index (κ1) is 18.5. The van der Waals surface area contributed by atoms with Crippen LogP contribution in [0.15, 0.2) is 30.5 Å². The lowest BCUT2D eigenvalue weighted by Crippen LogP contribution is -2.52. The number of aromatic amines is 1. The van der Waals surface area contributed by atoms with Crippen molar-refractivity contribution in [3.63, 3.8) is 0 Å². The summed E-state index contributed by atoms with van der Waals surface area (Å²) < 4.78 is 0. The average Bonchev–Trinajstić information content (AvgIpc) is 3.05. The number of hydrogen-bond donors (Lipinski definition) is 2. The van der Waals surface area contributed by atoms with Gasteiger partial charge in [-0.2, -0.15) is 0 Å². The number of hydrogen-bond acceptors (Lipinski definition) is 3.